The standard InChI is InChI=1S/C11H12BrNO3/c12-7-3-6-1-2-16-5-9(6)8(4-7)10(13)11(14)15/h3-4,10H,1-2,5,13H2,(H,14,15). The van der Waals surface area contributed by atoms with Crippen LogP contribution in [0.3, 0.4) is 0 Å². The van der Waals surface area contributed by atoms with E-state index in [4.69, 9.17) is 15.6 Å². The highest BCUT2D eigenvalue weighted by molar-refractivity contribution is 9.10. The van der Waals surface area contributed by atoms with Crippen LogP contribution in [0.15, 0.2) is 16.6 Å². The molecule has 0 amide bonds. The second kappa shape index (κ2) is 4.53. The van der Waals surface area contributed by atoms with Crippen LogP contribution in [0.1, 0.15) is 22.7 Å². The van der Waals surface area contributed by atoms with Crippen LogP contribution in [-0.2, 0) is 22.6 Å². The molecule has 4 nitrogen and oxygen atoms in total. The third-order valence-electron chi connectivity index (χ3n) is 2.70. The lowest BCUT2D eigenvalue weighted by Gasteiger charge is -2.22. The largest absolute Gasteiger partial charge is 0.480 e. The molecule has 0 fully saturated rings. The molecule has 0 saturated carbocycles. The number of carboxylic acids is 1. The highest BCUT2D eigenvalue weighted by Gasteiger charge is 2.22. The van der Waals surface area contributed by atoms with Gasteiger partial charge in [-0.15, -0.1) is 0 Å². The van der Waals surface area contributed by atoms with Gasteiger partial charge in [0.05, 0.1) is 13.2 Å². The van der Waals surface area contributed by atoms with Gasteiger partial charge in [0.25, 0.3) is 0 Å². The van der Waals surface area contributed by atoms with Crippen molar-refractivity contribution in [3.05, 3.63) is 33.3 Å². The van der Waals surface area contributed by atoms with Gasteiger partial charge in [-0.05, 0) is 35.2 Å². The quantitative estimate of drug-likeness (QED) is 0.866. The molecule has 0 radical (unpaired) electrons. The van der Waals surface area contributed by atoms with Crippen LogP contribution in [0.5, 0.6) is 0 Å². The lowest BCUT2D eigenvalue weighted by atomic mass is 9.94. The Morgan fingerprint density at radius 3 is 3.00 bits per heavy atom. The fraction of sp³-hybridized carbons (Fsp3) is 0.364. The zero-order valence-corrected chi connectivity index (χ0v) is 10.2. The highest BCUT2D eigenvalue weighted by atomic mass is 79.9. The molecule has 3 N–H and O–H groups in total. The van der Waals surface area contributed by atoms with E-state index in [1.54, 1.807) is 6.07 Å². The zero-order valence-electron chi connectivity index (χ0n) is 8.57. The predicted octanol–water partition coefficient (Wildman–Crippen LogP) is 1.61. The van der Waals surface area contributed by atoms with Crippen LogP contribution < -0.4 is 5.73 Å². The summed E-state index contributed by atoms with van der Waals surface area (Å²) < 4.78 is 6.20. The van der Waals surface area contributed by atoms with Crippen LogP contribution >= 0.6 is 15.9 Å². The summed E-state index contributed by atoms with van der Waals surface area (Å²) in [7, 11) is 0. The van der Waals surface area contributed by atoms with Crippen molar-refractivity contribution in [3.63, 3.8) is 0 Å². The summed E-state index contributed by atoms with van der Waals surface area (Å²) in [5, 5.41) is 8.95. The first-order valence-electron chi connectivity index (χ1n) is 4.97. The molecule has 0 bridgehead atoms. The summed E-state index contributed by atoms with van der Waals surface area (Å²) >= 11 is 3.37. The lowest BCUT2D eigenvalue weighted by molar-refractivity contribution is -0.138. The topological polar surface area (TPSA) is 72.6 Å². The first-order valence-corrected chi connectivity index (χ1v) is 5.76. The number of carboxylic acid groups (broad SMARTS) is 1. The van der Waals surface area contributed by atoms with E-state index >= 15 is 0 Å². The Morgan fingerprint density at radius 2 is 2.31 bits per heavy atom. The first-order chi connectivity index (χ1) is 7.59. The maximum absolute atomic E-state index is 10.9. The van der Waals surface area contributed by atoms with Crippen molar-refractivity contribution in [2.24, 2.45) is 5.73 Å². The van der Waals surface area contributed by atoms with E-state index in [2.05, 4.69) is 15.9 Å². The number of benzene rings is 1. The molecule has 1 heterocycles. The maximum atomic E-state index is 10.9. The smallest absolute Gasteiger partial charge is 0.325 e. The molecular weight excluding hydrogens is 274 g/mol. The highest BCUT2D eigenvalue weighted by Crippen LogP contribution is 2.29. The number of ether oxygens (including phenoxy) is 1. The van der Waals surface area contributed by atoms with Crippen molar-refractivity contribution in [1.29, 1.82) is 0 Å². The van der Waals surface area contributed by atoms with Gasteiger partial charge in [0, 0.05) is 4.47 Å². The van der Waals surface area contributed by atoms with E-state index in [-0.39, 0.29) is 0 Å². The predicted molar refractivity (Wildman–Crippen MR) is 62.1 cm³/mol. The molecule has 1 aliphatic rings. The number of nitrogens with two attached hydrogens (primary N) is 1. The Balaban J connectivity index is 2.51. The third-order valence-corrected chi connectivity index (χ3v) is 3.16. The van der Waals surface area contributed by atoms with Gasteiger partial charge in [0.15, 0.2) is 0 Å². The van der Waals surface area contributed by atoms with Crippen LogP contribution in [0.4, 0.5) is 0 Å². The third kappa shape index (κ3) is 2.11. The Kier molecular flexibility index (Phi) is 3.28. The van der Waals surface area contributed by atoms with E-state index < -0.39 is 12.0 Å². The van der Waals surface area contributed by atoms with E-state index in [0.717, 1.165) is 22.0 Å². The SMILES string of the molecule is NC(C(=O)O)c1cc(Br)cc2c1COCC2. The van der Waals surface area contributed by atoms with Gasteiger partial charge in [-0.1, -0.05) is 15.9 Å². The molecule has 0 aromatic heterocycles. The van der Waals surface area contributed by atoms with Crippen LogP contribution in [0.25, 0.3) is 0 Å². The van der Waals surface area contributed by atoms with Gasteiger partial charge >= 0.3 is 5.97 Å². The van der Waals surface area contributed by atoms with Crippen molar-refractivity contribution >= 4 is 21.9 Å². The molecule has 1 unspecified atom stereocenters. The molecule has 1 aliphatic heterocycles. The fourth-order valence-electron chi connectivity index (χ4n) is 1.88. The Morgan fingerprint density at radius 1 is 1.56 bits per heavy atom. The number of rotatable bonds is 2. The second-order valence-electron chi connectivity index (χ2n) is 3.75. The van der Waals surface area contributed by atoms with Crippen molar-refractivity contribution in [3.8, 4) is 0 Å². The van der Waals surface area contributed by atoms with Crippen molar-refractivity contribution in [2.75, 3.05) is 6.61 Å². The lowest BCUT2D eigenvalue weighted by Crippen LogP contribution is -2.24. The molecule has 1 atom stereocenters. The molecule has 0 aliphatic carbocycles. The summed E-state index contributed by atoms with van der Waals surface area (Å²) in [6.07, 6.45) is 0.800. The van der Waals surface area contributed by atoms with Gasteiger partial charge < -0.3 is 15.6 Å². The number of halogens is 1. The summed E-state index contributed by atoms with van der Waals surface area (Å²) in [4.78, 5) is 10.9. The minimum absolute atomic E-state index is 0.443. The monoisotopic (exact) mass is 285 g/mol. The Labute approximate surface area is 102 Å². The molecule has 0 saturated heterocycles. The van der Waals surface area contributed by atoms with Gasteiger partial charge in [-0.25, -0.2) is 0 Å². The van der Waals surface area contributed by atoms with E-state index in [9.17, 15) is 4.79 Å². The normalized spacial score (nSPS) is 16.6. The molecule has 5 heteroatoms. The first kappa shape index (κ1) is 11.6. The van der Waals surface area contributed by atoms with Crippen LogP contribution in [0.2, 0.25) is 0 Å². The van der Waals surface area contributed by atoms with Gasteiger partial charge in [0.2, 0.25) is 0 Å². The van der Waals surface area contributed by atoms with E-state index in [1.807, 2.05) is 6.07 Å². The van der Waals surface area contributed by atoms with Gasteiger partial charge in [-0.3, -0.25) is 4.79 Å². The van der Waals surface area contributed by atoms with Gasteiger partial charge in [-0.2, -0.15) is 0 Å². The molecule has 1 aromatic rings. The number of carbonyl (C=O) groups is 1. The zero-order chi connectivity index (χ0) is 11.7. The van der Waals surface area contributed by atoms with Crippen LogP contribution in [0, 0.1) is 0 Å². The minimum Gasteiger partial charge on any atom is -0.480 e. The second-order valence-corrected chi connectivity index (χ2v) is 4.67. The molecule has 86 valence electrons. The van der Waals surface area contributed by atoms with Crippen molar-refractivity contribution in [1.82, 2.24) is 0 Å². The van der Waals surface area contributed by atoms with Crippen LogP contribution in [-0.4, -0.2) is 17.7 Å². The van der Waals surface area contributed by atoms with Gasteiger partial charge in [0.1, 0.15) is 6.04 Å². The Hall–Kier alpha value is -0.910. The molecule has 16 heavy (non-hydrogen) atoms. The summed E-state index contributed by atoms with van der Waals surface area (Å²) in [5.74, 6) is -1.02. The fourth-order valence-corrected chi connectivity index (χ4v) is 2.41. The summed E-state index contributed by atoms with van der Waals surface area (Å²) in [6, 6.07) is 2.76. The van der Waals surface area contributed by atoms with E-state index in [1.165, 1.54) is 0 Å². The number of fused-ring (bicyclic) bond motifs is 1. The molecule has 2 rings (SSSR count). The summed E-state index contributed by atoms with van der Waals surface area (Å²) in [6.45, 7) is 1.12. The molecule has 1 aromatic carbocycles. The number of hydrogen-bond donors (Lipinski definition) is 2. The average Bonchev–Trinajstić information content (AvgIpc) is 2.26. The summed E-state index contributed by atoms with van der Waals surface area (Å²) in [5.41, 5.74) is 8.33. The Bertz CT molecular complexity index is 433. The van der Waals surface area contributed by atoms with E-state index in [0.29, 0.717) is 18.8 Å². The van der Waals surface area contributed by atoms with Crippen molar-refractivity contribution in [2.45, 2.75) is 19.1 Å². The molecular formula is C11H12BrNO3. The van der Waals surface area contributed by atoms with Crippen molar-refractivity contribution < 1.29 is 14.6 Å². The number of hydrogen-bond acceptors (Lipinski definition) is 3. The molecule has 0 spiro atoms. The average molecular weight is 286 g/mol. The number of aliphatic carboxylic acids is 1. The minimum atomic E-state index is -1.02. The maximum Gasteiger partial charge on any atom is 0.325 e.